The molecule has 0 bridgehead atoms. The van der Waals surface area contributed by atoms with Crippen molar-refractivity contribution in [2.45, 2.75) is 37.1 Å². The molecule has 5 nitrogen and oxygen atoms in total. The zero-order valence-corrected chi connectivity index (χ0v) is 18.6. The second-order valence-corrected chi connectivity index (χ2v) is 8.68. The van der Waals surface area contributed by atoms with E-state index in [0.29, 0.717) is 17.9 Å². The molecule has 1 aromatic heterocycles. The zero-order valence-electron chi connectivity index (χ0n) is 17.0. The molecule has 3 aromatic rings. The number of thiazole rings is 1. The Bertz CT molecular complexity index is 960. The van der Waals surface area contributed by atoms with Crippen LogP contribution in [0.1, 0.15) is 35.5 Å². The SMILES string of the molecule is CC(C)N(Cc1ccccc1)C(=O)COC(=O)c1ccccc1SCc1cscn1. The van der Waals surface area contributed by atoms with E-state index in [1.54, 1.807) is 33.9 Å². The average Bonchev–Trinajstić information content (AvgIpc) is 3.28. The van der Waals surface area contributed by atoms with Crippen LogP contribution in [-0.2, 0) is 21.8 Å². The van der Waals surface area contributed by atoms with E-state index in [1.807, 2.05) is 61.7 Å². The third-order valence-electron chi connectivity index (χ3n) is 4.43. The minimum absolute atomic E-state index is 0.00244. The van der Waals surface area contributed by atoms with Gasteiger partial charge < -0.3 is 9.64 Å². The van der Waals surface area contributed by atoms with Crippen molar-refractivity contribution in [3.05, 3.63) is 82.3 Å². The molecule has 0 aliphatic heterocycles. The van der Waals surface area contributed by atoms with Gasteiger partial charge in [0.1, 0.15) is 0 Å². The summed E-state index contributed by atoms with van der Waals surface area (Å²) in [4.78, 5) is 32.2. The van der Waals surface area contributed by atoms with Gasteiger partial charge in [-0.2, -0.15) is 0 Å². The quantitative estimate of drug-likeness (QED) is 0.345. The monoisotopic (exact) mass is 440 g/mol. The first-order valence-corrected chi connectivity index (χ1v) is 11.6. The Balaban J connectivity index is 1.60. The van der Waals surface area contributed by atoms with Crippen LogP contribution in [-0.4, -0.2) is 34.4 Å². The smallest absolute Gasteiger partial charge is 0.339 e. The third kappa shape index (κ3) is 6.18. The summed E-state index contributed by atoms with van der Waals surface area (Å²) in [7, 11) is 0. The van der Waals surface area contributed by atoms with E-state index in [2.05, 4.69) is 4.98 Å². The molecule has 0 fully saturated rings. The number of amides is 1. The fourth-order valence-corrected chi connectivity index (χ4v) is 4.46. The van der Waals surface area contributed by atoms with E-state index in [1.165, 1.54) is 11.8 Å². The Morgan fingerprint density at radius 2 is 1.83 bits per heavy atom. The second-order valence-electron chi connectivity index (χ2n) is 6.94. The van der Waals surface area contributed by atoms with Crippen molar-refractivity contribution in [3.63, 3.8) is 0 Å². The van der Waals surface area contributed by atoms with Crippen molar-refractivity contribution < 1.29 is 14.3 Å². The number of rotatable bonds is 9. The lowest BCUT2D eigenvalue weighted by atomic mass is 10.2. The minimum Gasteiger partial charge on any atom is -0.452 e. The van der Waals surface area contributed by atoms with Crippen LogP contribution in [0.25, 0.3) is 0 Å². The Morgan fingerprint density at radius 3 is 2.53 bits per heavy atom. The van der Waals surface area contributed by atoms with Gasteiger partial charge in [-0.3, -0.25) is 4.79 Å². The van der Waals surface area contributed by atoms with Crippen LogP contribution in [0.5, 0.6) is 0 Å². The molecule has 0 atom stereocenters. The molecule has 0 aliphatic rings. The molecule has 7 heteroatoms. The average molecular weight is 441 g/mol. The highest BCUT2D eigenvalue weighted by atomic mass is 32.2. The number of benzene rings is 2. The van der Waals surface area contributed by atoms with E-state index >= 15 is 0 Å². The molecular weight excluding hydrogens is 416 g/mol. The summed E-state index contributed by atoms with van der Waals surface area (Å²) in [5, 5.41) is 1.99. The van der Waals surface area contributed by atoms with Gasteiger partial charge in [-0.25, -0.2) is 9.78 Å². The Kier molecular flexibility index (Phi) is 8.04. The predicted octanol–water partition coefficient (Wildman–Crippen LogP) is 5.03. The summed E-state index contributed by atoms with van der Waals surface area (Å²) in [5.41, 5.74) is 4.26. The van der Waals surface area contributed by atoms with Crippen molar-refractivity contribution in [1.82, 2.24) is 9.88 Å². The standard InChI is InChI=1S/C23H24N2O3S2/c1-17(2)25(12-18-8-4-3-5-9-18)22(26)13-28-23(27)20-10-6-7-11-21(20)30-15-19-14-29-16-24-19/h3-11,14,16-17H,12-13,15H2,1-2H3. The van der Waals surface area contributed by atoms with Gasteiger partial charge in [0, 0.05) is 28.6 Å². The van der Waals surface area contributed by atoms with Gasteiger partial charge >= 0.3 is 5.97 Å². The maximum absolute atomic E-state index is 12.7. The van der Waals surface area contributed by atoms with Gasteiger partial charge in [0.15, 0.2) is 6.61 Å². The second kappa shape index (κ2) is 10.9. The van der Waals surface area contributed by atoms with Crippen LogP contribution in [0.3, 0.4) is 0 Å². The summed E-state index contributed by atoms with van der Waals surface area (Å²) in [6, 6.07) is 17.1. The molecule has 156 valence electrons. The molecule has 0 unspecified atom stereocenters. The molecule has 3 rings (SSSR count). The van der Waals surface area contributed by atoms with E-state index < -0.39 is 5.97 Å². The highest BCUT2D eigenvalue weighted by molar-refractivity contribution is 7.98. The van der Waals surface area contributed by atoms with Crippen molar-refractivity contribution in [3.8, 4) is 0 Å². The largest absolute Gasteiger partial charge is 0.452 e. The lowest BCUT2D eigenvalue weighted by molar-refractivity contribution is -0.136. The number of ether oxygens (including phenoxy) is 1. The maximum Gasteiger partial charge on any atom is 0.339 e. The topological polar surface area (TPSA) is 59.5 Å². The molecule has 1 heterocycles. The number of carbonyl (C=O) groups excluding carboxylic acids is 2. The van der Waals surface area contributed by atoms with Gasteiger partial charge in [0.25, 0.3) is 5.91 Å². The summed E-state index contributed by atoms with van der Waals surface area (Å²) in [5.74, 6) is -0.0340. The van der Waals surface area contributed by atoms with Gasteiger partial charge in [0.2, 0.25) is 0 Å². The zero-order chi connectivity index (χ0) is 21.3. The molecule has 0 N–H and O–H groups in total. The first kappa shape index (κ1) is 22.1. The molecule has 1 amide bonds. The van der Waals surface area contributed by atoms with E-state index in [4.69, 9.17) is 4.74 Å². The molecule has 0 aliphatic carbocycles. The Morgan fingerprint density at radius 1 is 1.10 bits per heavy atom. The van der Waals surface area contributed by atoms with Gasteiger partial charge in [-0.05, 0) is 31.5 Å². The van der Waals surface area contributed by atoms with E-state index in [9.17, 15) is 9.59 Å². The van der Waals surface area contributed by atoms with Crippen LogP contribution in [0, 0.1) is 0 Å². The lowest BCUT2D eigenvalue weighted by Crippen LogP contribution is -2.39. The lowest BCUT2D eigenvalue weighted by Gasteiger charge is -2.26. The predicted molar refractivity (Wildman–Crippen MR) is 121 cm³/mol. The Hall–Kier alpha value is -2.64. The van der Waals surface area contributed by atoms with Crippen LogP contribution < -0.4 is 0 Å². The number of carbonyl (C=O) groups is 2. The van der Waals surface area contributed by atoms with E-state index in [-0.39, 0.29) is 18.6 Å². The molecule has 0 saturated heterocycles. The highest BCUT2D eigenvalue weighted by Gasteiger charge is 2.20. The van der Waals surface area contributed by atoms with Crippen molar-refractivity contribution in [2.75, 3.05) is 6.61 Å². The molecule has 2 aromatic carbocycles. The molecule has 0 spiro atoms. The first-order chi connectivity index (χ1) is 14.5. The van der Waals surface area contributed by atoms with Crippen molar-refractivity contribution in [1.29, 1.82) is 0 Å². The number of hydrogen-bond acceptors (Lipinski definition) is 6. The normalized spacial score (nSPS) is 10.8. The van der Waals surface area contributed by atoms with E-state index in [0.717, 1.165) is 16.2 Å². The van der Waals surface area contributed by atoms with Crippen LogP contribution >= 0.6 is 23.1 Å². The summed E-state index contributed by atoms with van der Waals surface area (Å²) in [6.45, 7) is 4.10. The summed E-state index contributed by atoms with van der Waals surface area (Å²) in [6.07, 6.45) is 0. The fraction of sp³-hybridized carbons (Fsp3) is 0.261. The first-order valence-electron chi connectivity index (χ1n) is 9.64. The summed E-state index contributed by atoms with van der Waals surface area (Å²) >= 11 is 3.07. The van der Waals surface area contributed by atoms with Crippen molar-refractivity contribution in [2.24, 2.45) is 0 Å². The summed E-state index contributed by atoms with van der Waals surface area (Å²) < 4.78 is 5.38. The maximum atomic E-state index is 12.7. The van der Waals surface area contributed by atoms with Crippen LogP contribution in [0.4, 0.5) is 0 Å². The Labute approximate surface area is 185 Å². The van der Waals surface area contributed by atoms with Gasteiger partial charge in [-0.15, -0.1) is 23.1 Å². The number of aromatic nitrogens is 1. The number of thioether (sulfide) groups is 1. The fourth-order valence-electron chi connectivity index (χ4n) is 2.85. The number of esters is 1. The van der Waals surface area contributed by atoms with Crippen molar-refractivity contribution >= 4 is 35.0 Å². The van der Waals surface area contributed by atoms with Gasteiger partial charge in [0.05, 0.1) is 16.8 Å². The number of nitrogens with zero attached hydrogens (tertiary/aromatic N) is 2. The molecule has 30 heavy (non-hydrogen) atoms. The molecular formula is C23H24N2O3S2. The van der Waals surface area contributed by atoms with Gasteiger partial charge in [-0.1, -0.05) is 42.5 Å². The third-order valence-corrected chi connectivity index (χ3v) is 6.17. The molecule has 0 radical (unpaired) electrons. The highest BCUT2D eigenvalue weighted by Crippen LogP contribution is 2.26. The number of hydrogen-bond donors (Lipinski definition) is 0. The minimum atomic E-state index is -0.492. The van der Waals surface area contributed by atoms with Crippen LogP contribution in [0.15, 0.2) is 70.4 Å². The van der Waals surface area contributed by atoms with Crippen LogP contribution in [0.2, 0.25) is 0 Å². The molecule has 0 saturated carbocycles.